The highest BCUT2D eigenvalue weighted by atomic mass is 35.5. The van der Waals surface area contributed by atoms with Crippen molar-refractivity contribution >= 4 is 23.2 Å². The Kier molecular flexibility index (Phi) is 4.44. The van der Waals surface area contributed by atoms with Gasteiger partial charge >= 0.3 is 0 Å². The van der Waals surface area contributed by atoms with Gasteiger partial charge in [-0.15, -0.1) is 0 Å². The van der Waals surface area contributed by atoms with Gasteiger partial charge in [0.25, 0.3) is 5.91 Å². The molecule has 5 heteroatoms. The first-order valence-electron chi connectivity index (χ1n) is 6.23. The van der Waals surface area contributed by atoms with E-state index in [9.17, 15) is 4.79 Å². The number of rotatable bonds is 5. The summed E-state index contributed by atoms with van der Waals surface area (Å²) in [6.07, 6.45) is 3.52. The van der Waals surface area contributed by atoms with E-state index in [0.29, 0.717) is 16.6 Å². The summed E-state index contributed by atoms with van der Waals surface area (Å²) in [6, 6.07) is 5.73. The lowest BCUT2D eigenvalue weighted by atomic mass is 10.1. The molecule has 2 rings (SSSR count). The average molecular weight is 268 g/mol. The fourth-order valence-electron chi connectivity index (χ4n) is 2.26. The molecule has 0 bridgehead atoms. The van der Waals surface area contributed by atoms with Crippen LogP contribution in [0.15, 0.2) is 18.2 Å². The van der Waals surface area contributed by atoms with Crippen molar-refractivity contribution in [1.82, 2.24) is 5.32 Å². The molecule has 1 atom stereocenters. The summed E-state index contributed by atoms with van der Waals surface area (Å²) in [6.45, 7) is 1.93. The third-order valence-electron chi connectivity index (χ3n) is 3.22. The molecule has 0 aromatic heterocycles. The van der Waals surface area contributed by atoms with Crippen LogP contribution in [-0.4, -0.2) is 25.0 Å². The maximum Gasteiger partial charge on any atom is 0.250 e. The van der Waals surface area contributed by atoms with Crippen molar-refractivity contribution in [2.45, 2.75) is 25.3 Å². The molecule has 1 aromatic rings. The monoisotopic (exact) mass is 267 g/mol. The van der Waals surface area contributed by atoms with E-state index in [2.05, 4.69) is 10.6 Å². The van der Waals surface area contributed by atoms with E-state index in [0.717, 1.165) is 25.2 Å². The van der Waals surface area contributed by atoms with E-state index >= 15 is 0 Å². The molecular weight excluding hydrogens is 250 g/mol. The lowest BCUT2D eigenvalue weighted by molar-refractivity contribution is 0.100. The van der Waals surface area contributed by atoms with Crippen LogP contribution in [0.25, 0.3) is 0 Å². The molecule has 4 nitrogen and oxygen atoms in total. The minimum absolute atomic E-state index is 0.446. The topological polar surface area (TPSA) is 67.2 Å². The molecule has 1 fully saturated rings. The van der Waals surface area contributed by atoms with E-state index in [1.807, 2.05) is 0 Å². The van der Waals surface area contributed by atoms with Crippen LogP contribution in [0.3, 0.4) is 0 Å². The number of carbonyl (C=O) groups excluding carboxylic acids is 1. The molecule has 98 valence electrons. The minimum Gasteiger partial charge on any atom is -0.384 e. The molecule has 1 heterocycles. The number of hydrogen-bond acceptors (Lipinski definition) is 3. The predicted octanol–water partition coefficient (Wildman–Crippen LogP) is 1.99. The van der Waals surface area contributed by atoms with Gasteiger partial charge in [0.15, 0.2) is 0 Å². The van der Waals surface area contributed by atoms with E-state index < -0.39 is 5.91 Å². The molecule has 0 spiro atoms. The van der Waals surface area contributed by atoms with Gasteiger partial charge in [0, 0.05) is 23.3 Å². The second kappa shape index (κ2) is 6.07. The van der Waals surface area contributed by atoms with E-state index in [1.54, 1.807) is 18.2 Å². The van der Waals surface area contributed by atoms with Crippen LogP contribution in [-0.2, 0) is 0 Å². The summed E-state index contributed by atoms with van der Waals surface area (Å²) in [5.74, 6) is -0.459. The third kappa shape index (κ3) is 3.37. The number of amides is 1. The van der Waals surface area contributed by atoms with Crippen molar-refractivity contribution in [2.24, 2.45) is 5.73 Å². The van der Waals surface area contributed by atoms with E-state index in [4.69, 9.17) is 17.3 Å². The van der Waals surface area contributed by atoms with Crippen LogP contribution in [0.1, 0.15) is 29.6 Å². The quantitative estimate of drug-likeness (QED) is 0.764. The number of benzene rings is 1. The smallest absolute Gasteiger partial charge is 0.250 e. The maximum atomic E-state index is 11.3. The summed E-state index contributed by atoms with van der Waals surface area (Å²) in [5, 5.41) is 7.21. The molecule has 0 radical (unpaired) electrons. The molecule has 1 saturated heterocycles. The van der Waals surface area contributed by atoms with Gasteiger partial charge < -0.3 is 16.4 Å². The fourth-order valence-corrected chi connectivity index (χ4v) is 2.43. The minimum atomic E-state index is -0.459. The lowest BCUT2D eigenvalue weighted by Crippen LogP contribution is -2.24. The van der Waals surface area contributed by atoms with Gasteiger partial charge in [0.05, 0.1) is 5.56 Å². The summed E-state index contributed by atoms with van der Waals surface area (Å²) in [7, 11) is 0. The van der Waals surface area contributed by atoms with Gasteiger partial charge in [0.1, 0.15) is 0 Å². The van der Waals surface area contributed by atoms with Crippen molar-refractivity contribution in [3.63, 3.8) is 0 Å². The molecule has 1 amide bonds. The number of nitrogens with one attached hydrogen (secondary N) is 2. The number of nitrogens with two attached hydrogens (primary N) is 1. The van der Waals surface area contributed by atoms with Crippen molar-refractivity contribution in [1.29, 1.82) is 0 Å². The van der Waals surface area contributed by atoms with Gasteiger partial charge in [-0.05, 0) is 44.0 Å². The van der Waals surface area contributed by atoms with Gasteiger partial charge in [-0.2, -0.15) is 0 Å². The average Bonchev–Trinajstić information content (AvgIpc) is 2.84. The Labute approximate surface area is 112 Å². The summed E-state index contributed by atoms with van der Waals surface area (Å²) < 4.78 is 0. The highest BCUT2D eigenvalue weighted by Crippen LogP contribution is 2.20. The second-order valence-electron chi connectivity index (χ2n) is 4.56. The van der Waals surface area contributed by atoms with E-state index in [-0.39, 0.29) is 0 Å². The first kappa shape index (κ1) is 13.2. The Morgan fingerprint density at radius 1 is 1.56 bits per heavy atom. The molecule has 1 aliphatic heterocycles. The Morgan fingerprint density at radius 3 is 3.06 bits per heavy atom. The molecule has 0 aliphatic carbocycles. The standard InChI is InChI=1S/C13H18ClN3O/c14-9-3-4-12(11(8-9)13(15)18)17-7-5-10-2-1-6-16-10/h3-4,8,10,16-17H,1-2,5-7H2,(H2,15,18)/t10-/m0/s1. The van der Waals surface area contributed by atoms with Gasteiger partial charge in [0.2, 0.25) is 0 Å². The number of hydrogen-bond donors (Lipinski definition) is 3. The predicted molar refractivity (Wildman–Crippen MR) is 74.1 cm³/mol. The highest BCUT2D eigenvalue weighted by molar-refractivity contribution is 6.31. The first-order valence-corrected chi connectivity index (χ1v) is 6.61. The van der Waals surface area contributed by atoms with E-state index in [1.165, 1.54) is 12.8 Å². The first-order chi connectivity index (χ1) is 8.66. The van der Waals surface area contributed by atoms with Gasteiger partial charge in [-0.1, -0.05) is 11.6 Å². The van der Waals surface area contributed by atoms with Gasteiger partial charge in [-0.25, -0.2) is 0 Å². The molecule has 18 heavy (non-hydrogen) atoms. The SMILES string of the molecule is NC(=O)c1cc(Cl)ccc1NCC[C@@H]1CCCN1. The number of halogens is 1. The zero-order valence-electron chi connectivity index (χ0n) is 10.2. The molecule has 4 N–H and O–H groups in total. The van der Waals surface area contributed by atoms with Gasteiger partial charge in [-0.3, -0.25) is 4.79 Å². The number of anilines is 1. The normalized spacial score (nSPS) is 18.8. The second-order valence-corrected chi connectivity index (χ2v) is 5.00. The Bertz CT molecular complexity index is 430. The largest absolute Gasteiger partial charge is 0.384 e. The zero-order chi connectivity index (χ0) is 13.0. The Balaban J connectivity index is 1.93. The van der Waals surface area contributed by atoms with Crippen molar-refractivity contribution in [3.05, 3.63) is 28.8 Å². The zero-order valence-corrected chi connectivity index (χ0v) is 11.0. The van der Waals surface area contributed by atoms with Crippen molar-refractivity contribution in [2.75, 3.05) is 18.4 Å². The fraction of sp³-hybridized carbons (Fsp3) is 0.462. The number of carbonyl (C=O) groups is 1. The number of primary amides is 1. The summed E-state index contributed by atoms with van der Waals surface area (Å²) >= 11 is 5.85. The lowest BCUT2D eigenvalue weighted by Gasteiger charge is -2.13. The third-order valence-corrected chi connectivity index (χ3v) is 3.45. The molecular formula is C13H18ClN3O. The van der Waals surface area contributed by atoms with Crippen LogP contribution in [0.2, 0.25) is 5.02 Å². The van der Waals surface area contributed by atoms with Crippen molar-refractivity contribution in [3.8, 4) is 0 Å². The highest BCUT2D eigenvalue weighted by Gasteiger charge is 2.14. The Hall–Kier alpha value is -1.26. The molecule has 1 aliphatic rings. The van der Waals surface area contributed by atoms with Crippen molar-refractivity contribution < 1.29 is 4.79 Å². The van der Waals surface area contributed by atoms with Crippen LogP contribution in [0.4, 0.5) is 5.69 Å². The Morgan fingerprint density at radius 2 is 2.39 bits per heavy atom. The van der Waals surface area contributed by atoms with Crippen LogP contribution in [0.5, 0.6) is 0 Å². The van der Waals surface area contributed by atoms with Crippen LogP contribution in [0, 0.1) is 0 Å². The molecule has 0 saturated carbocycles. The van der Waals surface area contributed by atoms with Crippen LogP contribution >= 0.6 is 11.6 Å². The van der Waals surface area contributed by atoms with Crippen LogP contribution < -0.4 is 16.4 Å². The summed E-state index contributed by atoms with van der Waals surface area (Å²) in [4.78, 5) is 11.3. The maximum absolute atomic E-state index is 11.3. The molecule has 0 unspecified atom stereocenters. The molecule has 1 aromatic carbocycles. The summed E-state index contributed by atoms with van der Waals surface area (Å²) in [5.41, 5.74) is 6.53.